The van der Waals surface area contributed by atoms with Gasteiger partial charge in [0.15, 0.2) is 27.2 Å². The summed E-state index contributed by atoms with van der Waals surface area (Å²) >= 11 is 7.56. The van der Waals surface area contributed by atoms with E-state index in [4.69, 9.17) is 26.8 Å². The Morgan fingerprint density at radius 3 is 1.79 bits per heavy atom. The summed E-state index contributed by atoms with van der Waals surface area (Å²) in [5, 5.41) is 43.4. The molecule has 70 heavy (non-hydrogen) atoms. The number of nitrogen functional groups attached to an aromatic ring is 1. The standard InChI is InChI=1S/C19H24N8O3S.C17H14ClF3N6O4S.C5H12N2/c20-17-16(25-30-26-17)18-23-24-19(31-18)22-15(28)12-13-3-1-4-14(11-13)29-10-2-7-27-8-5-21-6-9-27;18-5-2-6-30-10-4-1-3-9(7-10)8-11(28)22-16-25-24-14(32-16)12-13(27-31-26-12)23-15(29)17(19,20)21;1-7-4-2-6-3-5-7/h1,3-4,11,21H,2,5-10,12H2,(H2,20,26)(H,22,24,28);1,3-4,7H,2,5-6,8H2,(H,22,25,28)(H,23,27,29);6H,2-5H2,1H3. The van der Waals surface area contributed by atoms with Crippen molar-refractivity contribution < 1.29 is 46.3 Å². The summed E-state index contributed by atoms with van der Waals surface area (Å²) in [6, 6.07) is 14.5. The van der Waals surface area contributed by atoms with Gasteiger partial charge in [0.25, 0.3) is 0 Å². The molecule has 7 N–H and O–H groups in total. The van der Waals surface area contributed by atoms with E-state index in [2.05, 4.69) is 88.4 Å². The number of likely N-dealkylation sites (N-methyl/N-ethyl adjacent to an activating group) is 1. The van der Waals surface area contributed by atoms with E-state index in [0.717, 1.165) is 86.2 Å². The van der Waals surface area contributed by atoms with Crippen LogP contribution >= 0.6 is 34.3 Å². The number of hydrogen-bond acceptors (Lipinski definition) is 22. The van der Waals surface area contributed by atoms with Crippen LogP contribution in [0.15, 0.2) is 57.8 Å². The largest absolute Gasteiger partial charge is 0.494 e. The summed E-state index contributed by atoms with van der Waals surface area (Å²) in [7, 11) is 2.15. The third-order valence-electron chi connectivity index (χ3n) is 9.75. The van der Waals surface area contributed by atoms with Crippen LogP contribution in [-0.4, -0.2) is 160 Å². The molecular weight excluding hydrogens is 985 g/mol. The van der Waals surface area contributed by atoms with Crippen LogP contribution in [0.3, 0.4) is 0 Å². The Bertz CT molecular complexity index is 2570. The van der Waals surface area contributed by atoms with Gasteiger partial charge in [-0.3, -0.25) is 19.7 Å². The Morgan fingerprint density at radius 1 is 0.743 bits per heavy atom. The maximum atomic E-state index is 12.4. The molecule has 6 aromatic rings. The number of alkyl halides is 4. The molecule has 6 heterocycles. The molecule has 0 radical (unpaired) electrons. The number of amides is 3. The molecule has 8 rings (SSSR count). The van der Waals surface area contributed by atoms with E-state index in [-0.39, 0.29) is 40.4 Å². The molecule has 2 aliphatic heterocycles. The highest BCUT2D eigenvalue weighted by Gasteiger charge is 2.40. The first-order valence-electron chi connectivity index (χ1n) is 21.7. The molecule has 2 aliphatic rings. The average Bonchev–Trinajstić information content (AvgIpc) is 4.18. The van der Waals surface area contributed by atoms with Gasteiger partial charge in [-0.2, -0.15) is 13.2 Å². The van der Waals surface area contributed by atoms with Crippen LogP contribution in [-0.2, 0) is 27.2 Å². The molecule has 0 atom stereocenters. The monoisotopic (exact) mass is 1030 g/mol. The number of rotatable bonds is 18. The molecule has 23 nitrogen and oxygen atoms in total. The summed E-state index contributed by atoms with van der Waals surface area (Å²) in [6.45, 7) is 11.1. The fourth-order valence-electron chi connectivity index (χ4n) is 6.29. The van der Waals surface area contributed by atoms with Crippen LogP contribution in [0, 0.1) is 0 Å². The van der Waals surface area contributed by atoms with Crippen LogP contribution in [0.5, 0.6) is 11.5 Å². The summed E-state index contributed by atoms with van der Waals surface area (Å²) in [6.07, 6.45) is -3.26. The zero-order valence-electron chi connectivity index (χ0n) is 37.7. The van der Waals surface area contributed by atoms with Crippen molar-refractivity contribution in [3.63, 3.8) is 0 Å². The smallest absolute Gasteiger partial charge is 0.471 e. The Labute approximate surface area is 411 Å². The lowest BCUT2D eigenvalue weighted by Gasteiger charge is -2.26. The summed E-state index contributed by atoms with van der Waals surface area (Å²) < 4.78 is 57.6. The van der Waals surface area contributed by atoms with E-state index in [1.165, 1.54) is 18.4 Å². The number of nitrogens with zero attached hydrogens (tertiary/aromatic N) is 10. The first-order valence-corrected chi connectivity index (χ1v) is 23.9. The minimum Gasteiger partial charge on any atom is -0.494 e. The van der Waals surface area contributed by atoms with Crippen molar-refractivity contribution in [1.82, 2.24) is 61.5 Å². The number of anilines is 4. The van der Waals surface area contributed by atoms with Gasteiger partial charge in [0.05, 0.1) is 26.1 Å². The zero-order valence-corrected chi connectivity index (χ0v) is 40.1. The molecule has 0 saturated carbocycles. The Kier molecular flexibility index (Phi) is 20.5. The molecule has 0 unspecified atom stereocenters. The number of ether oxygens (including phenoxy) is 2. The van der Waals surface area contributed by atoms with Gasteiger partial charge in [0, 0.05) is 64.8 Å². The van der Waals surface area contributed by atoms with Crippen LogP contribution in [0.25, 0.3) is 21.4 Å². The van der Waals surface area contributed by atoms with Crippen molar-refractivity contribution in [3.05, 3.63) is 59.7 Å². The van der Waals surface area contributed by atoms with E-state index in [1.54, 1.807) is 24.3 Å². The predicted molar refractivity (Wildman–Crippen MR) is 254 cm³/mol. The fraction of sp³-hybridized carbons (Fsp3) is 0.439. The molecule has 29 heteroatoms. The number of nitrogens with two attached hydrogens (primary N) is 1. The SMILES string of the molecule is CN1CCNCC1.Nc1nonc1-c1nnc(NC(=O)Cc2cccc(OCCCN3CCNCC3)c2)s1.O=C(Cc1cccc(OCCCCl)c1)Nc1nnc(-c2nonc2NC(=O)C(F)(F)F)s1. The number of carbonyl (C=O) groups excluding carboxylic acids is 3. The Hall–Kier alpha value is -6.43. The number of benzene rings is 2. The van der Waals surface area contributed by atoms with Gasteiger partial charge in [0.2, 0.25) is 27.9 Å². The highest BCUT2D eigenvalue weighted by molar-refractivity contribution is 7.19. The fourth-order valence-corrected chi connectivity index (χ4v) is 7.90. The number of piperazine rings is 2. The van der Waals surface area contributed by atoms with Crippen LogP contribution in [0.2, 0.25) is 0 Å². The van der Waals surface area contributed by atoms with E-state index in [9.17, 15) is 27.6 Å². The first kappa shape index (κ1) is 52.9. The molecule has 2 fully saturated rings. The van der Waals surface area contributed by atoms with Crippen LogP contribution in [0.4, 0.5) is 35.1 Å². The number of hydrogen-bond donors (Lipinski definition) is 6. The van der Waals surface area contributed by atoms with Crippen molar-refractivity contribution in [2.45, 2.75) is 31.9 Å². The zero-order chi connectivity index (χ0) is 49.7. The van der Waals surface area contributed by atoms with Gasteiger partial charge in [-0.1, -0.05) is 46.9 Å². The van der Waals surface area contributed by atoms with Gasteiger partial charge in [-0.05, 0) is 75.9 Å². The maximum Gasteiger partial charge on any atom is 0.471 e. The van der Waals surface area contributed by atoms with E-state index >= 15 is 0 Å². The maximum absolute atomic E-state index is 12.4. The van der Waals surface area contributed by atoms with E-state index in [1.807, 2.05) is 24.3 Å². The minimum atomic E-state index is -5.12. The van der Waals surface area contributed by atoms with E-state index < -0.39 is 23.8 Å². The first-order chi connectivity index (χ1) is 33.8. The quantitative estimate of drug-likeness (QED) is 0.0527. The lowest BCUT2D eigenvalue weighted by Crippen LogP contribution is -2.43. The summed E-state index contributed by atoms with van der Waals surface area (Å²) in [5.41, 5.74) is 7.23. The Morgan fingerprint density at radius 2 is 1.27 bits per heavy atom. The van der Waals surface area contributed by atoms with Crippen molar-refractivity contribution in [2.75, 3.05) is 107 Å². The molecule has 376 valence electrons. The van der Waals surface area contributed by atoms with Crippen LogP contribution in [0.1, 0.15) is 24.0 Å². The second kappa shape index (κ2) is 27.1. The molecule has 2 aromatic carbocycles. The molecule has 4 aromatic heterocycles. The van der Waals surface area contributed by atoms with Crippen LogP contribution < -0.4 is 41.8 Å². The highest BCUT2D eigenvalue weighted by Crippen LogP contribution is 2.31. The number of halogens is 4. The lowest BCUT2D eigenvalue weighted by molar-refractivity contribution is -0.167. The van der Waals surface area contributed by atoms with Gasteiger partial charge in [-0.25, -0.2) is 9.26 Å². The normalized spacial score (nSPS) is 14.1. The molecule has 3 amide bonds. The predicted octanol–water partition coefficient (Wildman–Crippen LogP) is 3.82. The topological polar surface area (TPSA) is 292 Å². The molecule has 0 spiro atoms. The number of aromatic nitrogens is 8. The summed E-state index contributed by atoms with van der Waals surface area (Å²) in [5.74, 6) is -1.47. The average molecular weight is 1040 g/mol. The van der Waals surface area contributed by atoms with Gasteiger partial charge >= 0.3 is 12.1 Å². The van der Waals surface area contributed by atoms with Gasteiger partial charge in [0.1, 0.15) is 11.5 Å². The number of nitrogens with one attached hydrogen (secondary N) is 5. The Balaban J connectivity index is 0.000000201. The third-order valence-corrected chi connectivity index (χ3v) is 11.7. The van der Waals surface area contributed by atoms with Crippen molar-refractivity contribution in [1.29, 1.82) is 0 Å². The molecule has 2 saturated heterocycles. The molecule has 0 bridgehead atoms. The summed E-state index contributed by atoms with van der Waals surface area (Å²) in [4.78, 5) is 40.6. The minimum absolute atomic E-state index is 0.0139. The molecular formula is C41H50ClF3N16O7S2. The van der Waals surface area contributed by atoms with Crippen molar-refractivity contribution >= 4 is 73.9 Å². The third kappa shape index (κ3) is 17.5. The van der Waals surface area contributed by atoms with Gasteiger partial charge < -0.3 is 46.3 Å². The number of carbonyl (C=O) groups is 3. The lowest BCUT2D eigenvalue weighted by atomic mass is 10.1. The van der Waals surface area contributed by atoms with Crippen molar-refractivity contribution in [2.24, 2.45) is 0 Å². The van der Waals surface area contributed by atoms with E-state index in [0.29, 0.717) is 52.7 Å². The van der Waals surface area contributed by atoms with Gasteiger partial charge in [-0.15, -0.1) is 32.0 Å². The molecule has 0 aliphatic carbocycles. The highest BCUT2D eigenvalue weighted by atomic mass is 35.5. The van der Waals surface area contributed by atoms with Crippen molar-refractivity contribution in [3.8, 4) is 32.9 Å². The second-order valence-electron chi connectivity index (χ2n) is 15.2. The second-order valence-corrected chi connectivity index (χ2v) is 17.6.